The highest BCUT2D eigenvalue weighted by Gasteiger charge is 2.34. The third-order valence-electron chi connectivity index (χ3n) is 4.22. The topological polar surface area (TPSA) is 59.4 Å². The van der Waals surface area contributed by atoms with E-state index in [4.69, 9.17) is 9.84 Å². The van der Waals surface area contributed by atoms with E-state index in [0.29, 0.717) is 23.1 Å². The summed E-state index contributed by atoms with van der Waals surface area (Å²) in [7, 11) is 0. The average molecular weight is 393 g/mol. The molecule has 2 aromatic carbocycles. The Morgan fingerprint density at radius 1 is 1.18 bits per heavy atom. The van der Waals surface area contributed by atoms with E-state index in [1.54, 1.807) is 25.1 Å². The van der Waals surface area contributed by atoms with Gasteiger partial charge in [-0.2, -0.15) is 13.2 Å². The van der Waals surface area contributed by atoms with E-state index in [1.165, 1.54) is 18.3 Å². The van der Waals surface area contributed by atoms with E-state index in [-0.39, 0.29) is 11.1 Å². The Morgan fingerprint density at radius 3 is 2.57 bits per heavy atom. The second-order valence-corrected chi connectivity index (χ2v) is 6.14. The number of halogens is 4. The fraction of sp³-hybridized carbons (Fsp3) is 0.200. The van der Waals surface area contributed by atoms with Crippen molar-refractivity contribution in [3.63, 3.8) is 0 Å². The maximum Gasteiger partial charge on any atom is 0.419 e. The third kappa shape index (κ3) is 4.05. The van der Waals surface area contributed by atoms with Crippen LogP contribution in [0.5, 0.6) is 5.75 Å². The zero-order chi connectivity index (χ0) is 20.5. The molecule has 0 aliphatic carbocycles. The summed E-state index contributed by atoms with van der Waals surface area (Å²) < 4.78 is 58.2. The zero-order valence-electron chi connectivity index (χ0n) is 14.6. The van der Waals surface area contributed by atoms with Crippen LogP contribution in [0.3, 0.4) is 0 Å². The number of ether oxygens (including phenoxy) is 1. The molecule has 0 spiro atoms. The van der Waals surface area contributed by atoms with Gasteiger partial charge in [0.15, 0.2) is 0 Å². The van der Waals surface area contributed by atoms with Crippen LogP contribution < -0.4 is 4.74 Å². The molecule has 8 heteroatoms. The molecule has 0 radical (unpaired) electrons. The number of carbonyl (C=O) groups is 1. The molecule has 0 saturated carbocycles. The van der Waals surface area contributed by atoms with Gasteiger partial charge in [0.2, 0.25) is 0 Å². The van der Waals surface area contributed by atoms with Gasteiger partial charge in [-0.05, 0) is 42.3 Å². The second-order valence-electron chi connectivity index (χ2n) is 6.14. The molecule has 1 N–H and O–H groups in total. The lowest BCUT2D eigenvalue weighted by Gasteiger charge is -2.20. The number of nitrogens with zero attached hydrogens (tertiary/aromatic N) is 1. The predicted octanol–water partition coefficient (Wildman–Crippen LogP) is 5.62. The minimum atomic E-state index is -4.80. The number of carboxylic acid groups (broad SMARTS) is 1. The van der Waals surface area contributed by atoms with Gasteiger partial charge in [-0.25, -0.2) is 9.18 Å². The van der Waals surface area contributed by atoms with Crippen LogP contribution in [0.2, 0.25) is 0 Å². The molecular formula is C20H15F4NO3. The summed E-state index contributed by atoms with van der Waals surface area (Å²) in [5, 5.41) is 9.59. The van der Waals surface area contributed by atoms with Crippen molar-refractivity contribution in [1.29, 1.82) is 0 Å². The number of benzene rings is 2. The number of aromatic nitrogens is 1. The summed E-state index contributed by atoms with van der Waals surface area (Å²) in [6.07, 6.45) is -3.96. The predicted molar refractivity (Wildman–Crippen MR) is 93.8 cm³/mol. The summed E-state index contributed by atoms with van der Waals surface area (Å²) in [6, 6.07) is 9.01. The maximum absolute atomic E-state index is 13.5. The molecule has 4 nitrogen and oxygen atoms in total. The van der Waals surface area contributed by atoms with Gasteiger partial charge in [0.05, 0.1) is 16.6 Å². The fourth-order valence-corrected chi connectivity index (χ4v) is 2.80. The molecule has 0 amide bonds. The van der Waals surface area contributed by atoms with Gasteiger partial charge in [0, 0.05) is 17.6 Å². The van der Waals surface area contributed by atoms with Crippen molar-refractivity contribution in [2.45, 2.75) is 25.6 Å². The summed E-state index contributed by atoms with van der Waals surface area (Å²) in [4.78, 5) is 15.1. The molecule has 28 heavy (non-hydrogen) atoms. The van der Waals surface area contributed by atoms with Gasteiger partial charge >= 0.3 is 12.1 Å². The van der Waals surface area contributed by atoms with Crippen LogP contribution in [0, 0.1) is 5.82 Å². The minimum absolute atomic E-state index is 0.0404. The second kappa shape index (κ2) is 7.46. The average Bonchev–Trinajstić information content (AvgIpc) is 2.65. The summed E-state index contributed by atoms with van der Waals surface area (Å²) in [6.45, 7) is 1.74. The first-order valence-electron chi connectivity index (χ1n) is 8.35. The Labute approximate surface area is 157 Å². The molecule has 0 saturated heterocycles. The molecule has 0 fully saturated rings. The zero-order valence-corrected chi connectivity index (χ0v) is 14.6. The molecule has 1 atom stereocenters. The number of hydrogen-bond donors (Lipinski definition) is 1. The van der Waals surface area contributed by atoms with Gasteiger partial charge < -0.3 is 9.84 Å². The molecule has 3 rings (SSSR count). The standard InChI is InChI=1S/C20H15F4NO3/c1-2-18(12-4-6-16(21)15(8-12)20(22,23)24)28-14-5-3-11-7-13(19(26)27)10-25-17(11)9-14/h3-10,18H,2H2,1H3,(H,26,27). The number of carboxylic acids is 1. The first kappa shape index (κ1) is 19.6. The highest BCUT2D eigenvalue weighted by atomic mass is 19.4. The number of fused-ring (bicyclic) bond motifs is 1. The van der Waals surface area contributed by atoms with Crippen molar-refractivity contribution in [2.24, 2.45) is 0 Å². The van der Waals surface area contributed by atoms with E-state index in [1.807, 2.05) is 0 Å². The molecule has 3 aromatic rings. The van der Waals surface area contributed by atoms with Crippen LogP contribution in [-0.2, 0) is 6.18 Å². The monoisotopic (exact) mass is 393 g/mol. The first-order chi connectivity index (χ1) is 13.2. The van der Waals surface area contributed by atoms with Crippen molar-refractivity contribution in [1.82, 2.24) is 4.98 Å². The van der Waals surface area contributed by atoms with Gasteiger partial charge in [-0.15, -0.1) is 0 Å². The number of pyridine rings is 1. The molecule has 1 aromatic heterocycles. The summed E-state index contributed by atoms with van der Waals surface area (Å²) in [5.74, 6) is -2.08. The van der Waals surface area contributed by atoms with E-state index < -0.39 is 29.6 Å². The highest BCUT2D eigenvalue weighted by molar-refractivity contribution is 5.92. The molecule has 1 heterocycles. The quantitative estimate of drug-likeness (QED) is 0.572. The lowest BCUT2D eigenvalue weighted by atomic mass is 10.0. The summed E-state index contributed by atoms with van der Waals surface area (Å²) in [5.41, 5.74) is -0.620. The van der Waals surface area contributed by atoms with Crippen LogP contribution in [0.1, 0.15) is 40.9 Å². The van der Waals surface area contributed by atoms with Crippen molar-refractivity contribution in [3.05, 3.63) is 71.2 Å². The third-order valence-corrected chi connectivity index (χ3v) is 4.22. The van der Waals surface area contributed by atoms with Crippen molar-refractivity contribution in [2.75, 3.05) is 0 Å². The summed E-state index contributed by atoms with van der Waals surface area (Å²) >= 11 is 0. The largest absolute Gasteiger partial charge is 0.486 e. The first-order valence-corrected chi connectivity index (χ1v) is 8.35. The van der Waals surface area contributed by atoms with Gasteiger partial charge in [-0.3, -0.25) is 4.98 Å². The van der Waals surface area contributed by atoms with Crippen LogP contribution in [0.25, 0.3) is 10.9 Å². The van der Waals surface area contributed by atoms with Crippen molar-refractivity contribution >= 4 is 16.9 Å². The van der Waals surface area contributed by atoms with Gasteiger partial charge in [0.1, 0.15) is 17.7 Å². The van der Waals surface area contributed by atoms with E-state index in [2.05, 4.69) is 4.98 Å². The van der Waals surface area contributed by atoms with Gasteiger partial charge in [0.25, 0.3) is 0 Å². The van der Waals surface area contributed by atoms with Crippen molar-refractivity contribution in [3.8, 4) is 5.75 Å². The molecule has 0 bridgehead atoms. The fourth-order valence-electron chi connectivity index (χ4n) is 2.80. The van der Waals surface area contributed by atoms with E-state index >= 15 is 0 Å². The molecule has 0 aliphatic heterocycles. The van der Waals surface area contributed by atoms with Crippen LogP contribution in [0.4, 0.5) is 17.6 Å². The molecule has 1 unspecified atom stereocenters. The Morgan fingerprint density at radius 2 is 1.93 bits per heavy atom. The maximum atomic E-state index is 13.5. The number of aromatic carboxylic acids is 1. The van der Waals surface area contributed by atoms with E-state index in [0.717, 1.165) is 12.1 Å². The number of alkyl halides is 3. The highest BCUT2D eigenvalue weighted by Crippen LogP contribution is 2.35. The normalized spacial score (nSPS) is 12.8. The molecular weight excluding hydrogens is 378 g/mol. The van der Waals surface area contributed by atoms with Crippen LogP contribution in [-0.4, -0.2) is 16.1 Å². The Balaban J connectivity index is 1.91. The van der Waals surface area contributed by atoms with Crippen LogP contribution in [0.15, 0.2) is 48.7 Å². The Bertz CT molecular complexity index is 1030. The number of rotatable bonds is 5. The molecule has 0 aliphatic rings. The number of hydrogen-bond acceptors (Lipinski definition) is 3. The van der Waals surface area contributed by atoms with Crippen molar-refractivity contribution < 1.29 is 32.2 Å². The minimum Gasteiger partial charge on any atom is -0.486 e. The lowest BCUT2D eigenvalue weighted by Crippen LogP contribution is -2.12. The van der Waals surface area contributed by atoms with Crippen LogP contribution >= 0.6 is 0 Å². The molecule has 146 valence electrons. The van der Waals surface area contributed by atoms with Gasteiger partial charge in [-0.1, -0.05) is 13.0 Å². The Kier molecular flexibility index (Phi) is 5.22. The SMILES string of the molecule is CCC(Oc1ccc2cc(C(=O)O)cnc2c1)c1ccc(F)c(C(F)(F)F)c1. The lowest BCUT2D eigenvalue weighted by molar-refractivity contribution is -0.140. The smallest absolute Gasteiger partial charge is 0.419 e. The Hall–Kier alpha value is -3.16. The van der Waals surface area contributed by atoms with E-state index in [9.17, 15) is 22.4 Å².